The average Bonchev–Trinajstić information content (AvgIpc) is 3.10. The minimum absolute atomic E-state index is 0.228. The lowest BCUT2D eigenvalue weighted by Gasteiger charge is -2.24. The fourth-order valence-electron chi connectivity index (χ4n) is 3.06. The van der Waals surface area contributed by atoms with Crippen LogP contribution in [0.25, 0.3) is 11.2 Å². The van der Waals surface area contributed by atoms with Crippen LogP contribution in [0.3, 0.4) is 0 Å². The standard InChI is InChI=1S/C13H16ClN5O3/c1-13(2)21-8-6(3-14)20-12(9(8)22-13)19-5-18-7-10(15)16-4-17-11(7)19/h4-6,8-9,12H,3H2,1-2H3,(H2,15,16,17). The van der Waals surface area contributed by atoms with Gasteiger partial charge in [0.2, 0.25) is 0 Å². The van der Waals surface area contributed by atoms with E-state index in [0.717, 1.165) is 0 Å². The SMILES string of the molecule is CC1(C)OC2C(CCl)OC(n3cnc4c(N)ncnc43)C2O1. The second-order valence-electron chi connectivity index (χ2n) is 5.87. The molecule has 0 aliphatic carbocycles. The number of imidazole rings is 1. The maximum atomic E-state index is 6.01. The number of nitrogen functional groups attached to an aromatic ring is 1. The molecule has 4 atom stereocenters. The molecule has 0 aromatic carbocycles. The number of alkyl halides is 1. The fraction of sp³-hybridized carbons (Fsp3) is 0.615. The van der Waals surface area contributed by atoms with E-state index in [-0.39, 0.29) is 18.3 Å². The van der Waals surface area contributed by atoms with Crippen molar-refractivity contribution >= 4 is 28.6 Å². The molecule has 2 saturated heterocycles. The van der Waals surface area contributed by atoms with Gasteiger partial charge in [0.25, 0.3) is 0 Å². The Morgan fingerprint density at radius 1 is 1.27 bits per heavy atom. The Labute approximate surface area is 131 Å². The van der Waals surface area contributed by atoms with Crippen molar-refractivity contribution in [1.29, 1.82) is 0 Å². The van der Waals surface area contributed by atoms with Crippen molar-refractivity contribution in [2.45, 2.75) is 44.2 Å². The molecule has 2 aromatic heterocycles. The molecule has 0 saturated carbocycles. The molecular weight excluding hydrogens is 310 g/mol. The summed E-state index contributed by atoms with van der Waals surface area (Å²) in [7, 11) is 0. The molecular formula is C13H16ClN5O3. The molecule has 22 heavy (non-hydrogen) atoms. The van der Waals surface area contributed by atoms with Gasteiger partial charge in [0, 0.05) is 0 Å². The van der Waals surface area contributed by atoms with Crippen LogP contribution in [0.15, 0.2) is 12.7 Å². The maximum Gasteiger partial charge on any atom is 0.167 e. The highest BCUT2D eigenvalue weighted by atomic mass is 35.5. The van der Waals surface area contributed by atoms with Crippen molar-refractivity contribution in [3.8, 4) is 0 Å². The first-order valence-electron chi connectivity index (χ1n) is 7.00. The number of hydrogen-bond acceptors (Lipinski definition) is 7. The quantitative estimate of drug-likeness (QED) is 0.824. The van der Waals surface area contributed by atoms with Gasteiger partial charge < -0.3 is 19.9 Å². The number of halogens is 1. The molecule has 0 radical (unpaired) electrons. The lowest BCUT2D eigenvalue weighted by atomic mass is 10.1. The molecule has 0 amide bonds. The monoisotopic (exact) mass is 325 g/mol. The maximum absolute atomic E-state index is 6.01. The Morgan fingerprint density at radius 2 is 2.05 bits per heavy atom. The molecule has 9 heteroatoms. The summed E-state index contributed by atoms with van der Waals surface area (Å²) < 4.78 is 19.7. The molecule has 2 fully saturated rings. The second-order valence-corrected chi connectivity index (χ2v) is 6.18. The minimum atomic E-state index is -0.675. The van der Waals surface area contributed by atoms with E-state index in [9.17, 15) is 0 Å². The Bertz CT molecular complexity index is 721. The zero-order chi connectivity index (χ0) is 15.5. The van der Waals surface area contributed by atoms with Crippen molar-refractivity contribution < 1.29 is 14.2 Å². The zero-order valence-corrected chi connectivity index (χ0v) is 12.9. The van der Waals surface area contributed by atoms with Crippen LogP contribution >= 0.6 is 11.6 Å². The predicted molar refractivity (Wildman–Crippen MR) is 78.2 cm³/mol. The van der Waals surface area contributed by atoms with Crippen LogP contribution in [0.5, 0.6) is 0 Å². The molecule has 4 rings (SSSR count). The topological polar surface area (TPSA) is 97.3 Å². The lowest BCUT2D eigenvalue weighted by Crippen LogP contribution is -2.30. The summed E-state index contributed by atoms with van der Waals surface area (Å²) in [5.74, 6) is -0.0245. The first-order valence-corrected chi connectivity index (χ1v) is 7.54. The Balaban J connectivity index is 1.77. The Morgan fingerprint density at radius 3 is 2.82 bits per heavy atom. The number of fused-ring (bicyclic) bond motifs is 2. The summed E-state index contributed by atoms with van der Waals surface area (Å²) in [6.07, 6.45) is 1.84. The van der Waals surface area contributed by atoms with E-state index in [0.29, 0.717) is 22.9 Å². The number of aromatic nitrogens is 4. The van der Waals surface area contributed by atoms with Crippen molar-refractivity contribution in [2.24, 2.45) is 0 Å². The molecule has 4 heterocycles. The minimum Gasteiger partial charge on any atom is -0.382 e. The third-order valence-corrected chi connectivity index (χ3v) is 4.24. The van der Waals surface area contributed by atoms with Gasteiger partial charge in [-0.3, -0.25) is 4.57 Å². The van der Waals surface area contributed by atoms with Crippen molar-refractivity contribution in [3.05, 3.63) is 12.7 Å². The third kappa shape index (κ3) is 1.98. The lowest BCUT2D eigenvalue weighted by molar-refractivity contribution is -0.193. The summed E-state index contributed by atoms with van der Waals surface area (Å²) in [5.41, 5.74) is 6.96. The van der Waals surface area contributed by atoms with E-state index in [4.69, 9.17) is 31.5 Å². The van der Waals surface area contributed by atoms with Gasteiger partial charge >= 0.3 is 0 Å². The molecule has 118 valence electrons. The van der Waals surface area contributed by atoms with Gasteiger partial charge in [-0.25, -0.2) is 15.0 Å². The Kier molecular flexibility index (Phi) is 3.06. The molecule has 8 nitrogen and oxygen atoms in total. The van der Waals surface area contributed by atoms with Gasteiger partial charge in [0.15, 0.2) is 23.5 Å². The summed E-state index contributed by atoms with van der Waals surface area (Å²) in [4.78, 5) is 12.5. The van der Waals surface area contributed by atoms with Gasteiger partial charge in [-0.1, -0.05) is 0 Å². The number of anilines is 1. The molecule has 2 N–H and O–H groups in total. The largest absolute Gasteiger partial charge is 0.382 e. The van der Waals surface area contributed by atoms with Crippen LogP contribution < -0.4 is 5.73 Å². The summed E-state index contributed by atoms with van der Waals surface area (Å²) in [6, 6.07) is 0. The van der Waals surface area contributed by atoms with E-state index >= 15 is 0 Å². The van der Waals surface area contributed by atoms with Crippen LogP contribution in [-0.2, 0) is 14.2 Å². The van der Waals surface area contributed by atoms with E-state index in [1.54, 1.807) is 10.9 Å². The normalized spacial score (nSPS) is 33.4. The highest BCUT2D eigenvalue weighted by Gasteiger charge is 2.55. The molecule has 0 bridgehead atoms. The summed E-state index contributed by atoms with van der Waals surface area (Å²) in [5, 5.41) is 0. The summed E-state index contributed by atoms with van der Waals surface area (Å²) in [6.45, 7) is 3.75. The fourth-order valence-corrected chi connectivity index (χ4v) is 3.31. The number of rotatable bonds is 2. The van der Waals surface area contributed by atoms with Gasteiger partial charge in [0.05, 0.1) is 12.2 Å². The predicted octanol–water partition coefficient (Wildman–Crippen LogP) is 1.06. The average molecular weight is 326 g/mol. The zero-order valence-electron chi connectivity index (χ0n) is 12.1. The van der Waals surface area contributed by atoms with E-state index in [1.807, 2.05) is 13.8 Å². The van der Waals surface area contributed by atoms with E-state index in [1.165, 1.54) is 6.33 Å². The van der Waals surface area contributed by atoms with Crippen LogP contribution in [-0.4, -0.2) is 49.5 Å². The molecule has 2 aliphatic rings. The van der Waals surface area contributed by atoms with Crippen molar-refractivity contribution in [3.63, 3.8) is 0 Å². The van der Waals surface area contributed by atoms with E-state index in [2.05, 4.69) is 15.0 Å². The van der Waals surface area contributed by atoms with Gasteiger partial charge in [-0.2, -0.15) is 0 Å². The second kappa shape index (κ2) is 4.76. The first-order chi connectivity index (χ1) is 10.5. The Hall–Kier alpha value is -1.48. The van der Waals surface area contributed by atoms with Crippen LogP contribution in [0, 0.1) is 0 Å². The molecule has 2 aliphatic heterocycles. The van der Waals surface area contributed by atoms with Crippen LogP contribution in [0.1, 0.15) is 20.1 Å². The third-order valence-electron chi connectivity index (χ3n) is 3.94. The van der Waals surface area contributed by atoms with E-state index < -0.39 is 12.0 Å². The highest BCUT2D eigenvalue weighted by molar-refractivity contribution is 6.18. The van der Waals surface area contributed by atoms with Crippen LogP contribution in [0.4, 0.5) is 5.82 Å². The number of ether oxygens (including phenoxy) is 3. The van der Waals surface area contributed by atoms with Gasteiger partial charge in [-0.05, 0) is 13.8 Å². The molecule has 0 spiro atoms. The van der Waals surface area contributed by atoms with Crippen molar-refractivity contribution in [2.75, 3.05) is 11.6 Å². The van der Waals surface area contributed by atoms with Gasteiger partial charge in [-0.15, -0.1) is 11.6 Å². The number of nitrogens with two attached hydrogens (primary N) is 1. The smallest absolute Gasteiger partial charge is 0.167 e. The number of nitrogens with zero attached hydrogens (tertiary/aromatic N) is 4. The summed E-state index contributed by atoms with van der Waals surface area (Å²) >= 11 is 6.01. The van der Waals surface area contributed by atoms with Gasteiger partial charge in [0.1, 0.15) is 30.2 Å². The highest BCUT2D eigenvalue weighted by Crippen LogP contribution is 2.43. The number of hydrogen-bond donors (Lipinski definition) is 1. The van der Waals surface area contributed by atoms with Crippen molar-refractivity contribution in [1.82, 2.24) is 19.5 Å². The first kappa shape index (κ1) is 14.1. The molecule has 4 unspecified atom stereocenters. The van der Waals surface area contributed by atoms with Crippen LogP contribution in [0.2, 0.25) is 0 Å². The molecule has 2 aromatic rings.